The van der Waals surface area contributed by atoms with Crippen LogP contribution in [0.3, 0.4) is 0 Å². The Balaban J connectivity index is 1.98. The summed E-state index contributed by atoms with van der Waals surface area (Å²) in [5, 5.41) is 0.359. The molecule has 1 aromatic heterocycles. The van der Waals surface area contributed by atoms with Gasteiger partial charge in [0.25, 0.3) is 0 Å². The van der Waals surface area contributed by atoms with Crippen molar-refractivity contribution in [1.82, 2.24) is 14.9 Å². The monoisotopic (exact) mass is 347 g/mol. The third kappa shape index (κ3) is 4.88. The molecule has 1 amide bonds. The van der Waals surface area contributed by atoms with E-state index in [2.05, 4.69) is 9.97 Å². The van der Waals surface area contributed by atoms with E-state index in [9.17, 15) is 4.79 Å². The van der Waals surface area contributed by atoms with Crippen molar-refractivity contribution >= 4 is 29.3 Å². The summed E-state index contributed by atoms with van der Waals surface area (Å²) in [4.78, 5) is 21.5. The Kier molecular flexibility index (Phi) is 5.34. The molecule has 0 saturated carbocycles. The van der Waals surface area contributed by atoms with Crippen molar-refractivity contribution in [2.45, 2.75) is 45.3 Å². The number of ether oxygens (including phenoxy) is 2. The molecule has 0 bridgehead atoms. The summed E-state index contributed by atoms with van der Waals surface area (Å²) in [6.45, 7) is 6.59. The lowest BCUT2D eigenvalue weighted by atomic mass is 10.1. The normalized spacial score (nSPS) is 19.0. The van der Waals surface area contributed by atoms with Crippen molar-refractivity contribution in [1.29, 1.82) is 0 Å². The topological polar surface area (TPSA) is 64.5 Å². The molecule has 1 aliphatic heterocycles. The molecule has 2 heterocycles. The van der Waals surface area contributed by atoms with Crippen LogP contribution in [0.5, 0.6) is 5.88 Å². The number of rotatable bonds is 2. The molecule has 0 aromatic carbocycles. The lowest BCUT2D eigenvalue weighted by Crippen LogP contribution is -2.46. The highest BCUT2D eigenvalue weighted by atomic mass is 35.5. The van der Waals surface area contributed by atoms with Gasteiger partial charge in [0.1, 0.15) is 16.7 Å². The van der Waals surface area contributed by atoms with Crippen LogP contribution in [0, 0.1) is 0 Å². The summed E-state index contributed by atoms with van der Waals surface area (Å²) in [5.74, 6) is 0.234. The van der Waals surface area contributed by atoms with Crippen molar-refractivity contribution in [3.63, 3.8) is 0 Å². The Morgan fingerprint density at radius 1 is 1.41 bits per heavy atom. The molecule has 6 nitrogen and oxygen atoms in total. The quantitative estimate of drug-likeness (QED) is 0.765. The van der Waals surface area contributed by atoms with Crippen LogP contribution in [-0.2, 0) is 4.74 Å². The third-order valence-electron chi connectivity index (χ3n) is 2.99. The van der Waals surface area contributed by atoms with E-state index in [0.717, 1.165) is 12.8 Å². The van der Waals surface area contributed by atoms with Gasteiger partial charge in [0.15, 0.2) is 0 Å². The molecule has 2 rings (SSSR count). The van der Waals surface area contributed by atoms with Gasteiger partial charge in [-0.25, -0.2) is 9.78 Å². The summed E-state index contributed by atoms with van der Waals surface area (Å²) in [6.07, 6.45) is 2.47. The van der Waals surface area contributed by atoms with E-state index < -0.39 is 5.60 Å². The Hall–Kier alpha value is -1.27. The van der Waals surface area contributed by atoms with Crippen LogP contribution in [0.2, 0.25) is 10.3 Å². The second-order valence-electron chi connectivity index (χ2n) is 6.10. The Morgan fingerprint density at radius 3 is 2.82 bits per heavy atom. The average Bonchev–Trinajstić information content (AvgIpc) is 2.41. The molecular formula is C14H19Cl2N3O3. The first kappa shape index (κ1) is 17.1. The lowest BCUT2D eigenvalue weighted by Gasteiger charge is -2.34. The van der Waals surface area contributed by atoms with E-state index in [0.29, 0.717) is 18.1 Å². The molecule has 1 aromatic rings. The van der Waals surface area contributed by atoms with Crippen molar-refractivity contribution < 1.29 is 14.3 Å². The Morgan fingerprint density at radius 2 is 2.14 bits per heavy atom. The highest BCUT2D eigenvalue weighted by Gasteiger charge is 2.29. The second kappa shape index (κ2) is 6.87. The predicted octanol–water partition coefficient (Wildman–Crippen LogP) is 3.56. The number of carbonyl (C=O) groups excluding carboxylic acids is 1. The van der Waals surface area contributed by atoms with E-state index in [4.69, 9.17) is 32.7 Å². The molecule has 22 heavy (non-hydrogen) atoms. The molecule has 0 spiro atoms. The first-order valence-corrected chi connectivity index (χ1v) is 7.83. The van der Waals surface area contributed by atoms with E-state index in [1.165, 1.54) is 6.20 Å². The fraction of sp³-hybridized carbons (Fsp3) is 0.643. The fourth-order valence-electron chi connectivity index (χ4n) is 2.10. The third-order valence-corrected chi connectivity index (χ3v) is 3.43. The molecule has 122 valence electrons. The minimum atomic E-state index is -0.519. The zero-order valence-electron chi connectivity index (χ0n) is 12.8. The van der Waals surface area contributed by atoms with Gasteiger partial charge in [0.05, 0.1) is 12.7 Å². The predicted molar refractivity (Wildman–Crippen MR) is 83.5 cm³/mol. The Labute approximate surface area is 139 Å². The van der Waals surface area contributed by atoms with Gasteiger partial charge in [-0.15, -0.1) is 0 Å². The van der Waals surface area contributed by atoms with E-state index in [1.54, 1.807) is 4.90 Å². The molecule has 1 saturated heterocycles. The highest BCUT2D eigenvalue weighted by Crippen LogP contribution is 2.25. The summed E-state index contributed by atoms with van der Waals surface area (Å²) >= 11 is 11.7. The molecule has 1 aliphatic rings. The van der Waals surface area contributed by atoms with Gasteiger partial charge >= 0.3 is 6.09 Å². The van der Waals surface area contributed by atoms with Gasteiger partial charge in [0, 0.05) is 6.54 Å². The van der Waals surface area contributed by atoms with Crippen LogP contribution >= 0.6 is 23.2 Å². The fourth-order valence-corrected chi connectivity index (χ4v) is 2.36. The Bertz CT molecular complexity index is 549. The van der Waals surface area contributed by atoms with E-state index in [-0.39, 0.29) is 23.4 Å². The first-order valence-electron chi connectivity index (χ1n) is 7.07. The zero-order chi connectivity index (χ0) is 16.3. The minimum Gasteiger partial charge on any atom is -0.471 e. The maximum absolute atomic E-state index is 12.1. The van der Waals surface area contributed by atoms with E-state index in [1.807, 2.05) is 20.8 Å². The number of likely N-dealkylation sites (tertiary alicyclic amines) is 1. The number of nitrogens with zero attached hydrogens (tertiary/aromatic N) is 3. The molecule has 8 heteroatoms. The standard InChI is InChI=1S/C14H19Cl2N3O3/c1-14(2,3)22-13(20)19-6-4-5-9(8-19)21-11-10(15)7-17-12(16)18-11/h7,9H,4-6,8H2,1-3H3/t9-/m1/s1. The largest absolute Gasteiger partial charge is 0.471 e. The number of carbonyl (C=O) groups is 1. The van der Waals surface area contributed by atoms with Gasteiger partial charge in [-0.1, -0.05) is 11.6 Å². The van der Waals surface area contributed by atoms with Gasteiger partial charge in [0.2, 0.25) is 11.2 Å². The number of hydrogen-bond donors (Lipinski definition) is 0. The smallest absolute Gasteiger partial charge is 0.410 e. The number of aromatic nitrogens is 2. The molecule has 1 fully saturated rings. The SMILES string of the molecule is CC(C)(C)OC(=O)N1CCC[C@@H](Oc2nc(Cl)ncc2Cl)C1. The first-order chi connectivity index (χ1) is 10.2. The van der Waals surface area contributed by atoms with Crippen molar-refractivity contribution in [2.75, 3.05) is 13.1 Å². The van der Waals surface area contributed by atoms with Crippen molar-refractivity contribution in [3.05, 3.63) is 16.5 Å². The summed E-state index contributed by atoms with van der Waals surface area (Å²) in [5.41, 5.74) is -0.519. The number of hydrogen-bond acceptors (Lipinski definition) is 5. The maximum Gasteiger partial charge on any atom is 0.410 e. The van der Waals surface area contributed by atoms with Crippen LogP contribution in [0.25, 0.3) is 0 Å². The van der Waals surface area contributed by atoms with Crippen LogP contribution < -0.4 is 4.74 Å². The van der Waals surface area contributed by atoms with Gasteiger partial charge in [-0.2, -0.15) is 4.98 Å². The molecule has 0 aliphatic carbocycles. The number of amides is 1. The van der Waals surface area contributed by atoms with E-state index >= 15 is 0 Å². The molecule has 0 unspecified atom stereocenters. The van der Waals surface area contributed by atoms with Crippen LogP contribution in [0.15, 0.2) is 6.20 Å². The van der Waals surface area contributed by atoms with Gasteiger partial charge in [-0.3, -0.25) is 0 Å². The van der Waals surface area contributed by atoms with Gasteiger partial charge < -0.3 is 14.4 Å². The maximum atomic E-state index is 12.1. The summed E-state index contributed by atoms with van der Waals surface area (Å²) in [6, 6.07) is 0. The van der Waals surface area contributed by atoms with Crippen molar-refractivity contribution in [3.8, 4) is 5.88 Å². The van der Waals surface area contributed by atoms with Crippen molar-refractivity contribution in [2.24, 2.45) is 0 Å². The molecule has 0 radical (unpaired) electrons. The molecular weight excluding hydrogens is 329 g/mol. The molecule has 0 N–H and O–H groups in total. The van der Waals surface area contributed by atoms with Crippen LogP contribution in [-0.4, -0.2) is 45.8 Å². The minimum absolute atomic E-state index is 0.0687. The second-order valence-corrected chi connectivity index (χ2v) is 6.85. The van der Waals surface area contributed by atoms with Crippen LogP contribution in [0.4, 0.5) is 4.79 Å². The summed E-state index contributed by atoms with van der Waals surface area (Å²) < 4.78 is 11.1. The van der Waals surface area contributed by atoms with Gasteiger partial charge in [-0.05, 0) is 45.2 Å². The van der Waals surface area contributed by atoms with Crippen LogP contribution in [0.1, 0.15) is 33.6 Å². The number of piperidine rings is 1. The summed E-state index contributed by atoms with van der Waals surface area (Å²) in [7, 11) is 0. The lowest BCUT2D eigenvalue weighted by molar-refractivity contribution is 0.00722. The number of halogens is 2. The zero-order valence-corrected chi connectivity index (χ0v) is 14.3. The molecule has 1 atom stereocenters. The average molecular weight is 348 g/mol. The highest BCUT2D eigenvalue weighted by molar-refractivity contribution is 6.32.